The highest BCUT2D eigenvalue weighted by Gasteiger charge is 2.17. The summed E-state index contributed by atoms with van der Waals surface area (Å²) in [5, 5.41) is 16.0. The van der Waals surface area contributed by atoms with E-state index in [-0.39, 0.29) is 12.5 Å². The van der Waals surface area contributed by atoms with Crippen LogP contribution in [0.15, 0.2) is 42.7 Å². The molecule has 0 unspecified atom stereocenters. The molecule has 30 heavy (non-hydrogen) atoms. The van der Waals surface area contributed by atoms with Crippen molar-refractivity contribution in [1.82, 2.24) is 20.2 Å². The molecule has 1 aliphatic heterocycles. The van der Waals surface area contributed by atoms with E-state index in [1.54, 1.807) is 7.11 Å². The molecular weight excluding hydrogens is 382 g/mol. The predicted octanol–water partition coefficient (Wildman–Crippen LogP) is 1.64. The van der Waals surface area contributed by atoms with E-state index in [2.05, 4.69) is 31.6 Å². The van der Waals surface area contributed by atoms with Gasteiger partial charge >= 0.3 is 0 Å². The van der Waals surface area contributed by atoms with Gasteiger partial charge in [-0.15, -0.1) is 0 Å². The van der Waals surface area contributed by atoms with Crippen LogP contribution in [0.5, 0.6) is 5.75 Å². The fourth-order valence-corrected chi connectivity index (χ4v) is 3.70. The quantitative estimate of drug-likeness (QED) is 0.548. The standard InChI is InChI=1S/C22H25N5O3/c1-30-20-5-2-15(12-27-8-6-23-21(29)13-27)10-17(20)16-3-4-19-18(11-16)22(24-7-9-28)26-14-25-19/h2-5,10-11,14,28H,6-9,12-13H2,1H3,(H,23,29)(H,24,25,26). The van der Waals surface area contributed by atoms with Crippen LogP contribution < -0.4 is 15.4 Å². The summed E-state index contributed by atoms with van der Waals surface area (Å²) in [4.78, 5) is 22.5. The molecular formula is C22H25N5O3. The van der Waals surface area contributed by atoms with Gasteiger partial charge in [0.1, 0.15) is 17.9 Å². The summed E-state index contributed by atoms with van der Waals surface area (Å²) in [5.41, 5.74) is 3.89. The van der Waals surface area contributed by atoms with Gasteiger partial charge in [-0.3, -0.25) is 9.69 Å². The van der Waals surface area contributed by atoms with Gasteiger partial charge in [0.2, 0.25) is 5.91 Å². The van der Waals surface area contributed by atoms with Crippen molar-refractivity contribution in [3.05, 3.63) is 48.3 Å². The van der Waals surface area contributed by atoms with Gasteiger partial charge in [-0.2, -0.15) is 0 Å². The number of aliphatic hydroxyl groups excluding tert-OH is 1. The van der Waals surface area contributed by atoms with E-state index < -0.39 is 0 Å². The highest BCUT2D eigenvalue weighted by molar-refractivity contribution is 5.93. The lowest BCUT2D eigenvalue weighted by Gasteiger charge is -2.26. The predicted molar refractivity (Wildman–Crippen MR) is 115 cm³/mol. The number of amides is 1. The number of methoxy groups -OCH3 is 1. The Kier molecular flexibility index (Phi) is 6.06. The van der Waals surface area contributed by atoms with Crippen LogP contribution in [-0.4, -0.2) is 65.8 Å². The maximum Gasteiger partial charge on any atom is 0.234 e. The number of carbonyl (C=O) groups excluding carboxylic acids is 1. The van der Waals surface area contributed by atoms with Crippen molar-refractivity contribution in [1.29, 1.82) is 0 Å². The van der Waals surface area contributed by atoms with Crippen LogP contribution in [0.2, 0.25) is 0 Å². The van der Waals surface area contributed by atoms with Gasteiger partial charge in [0.15, 0.2) is 0 Å². The highest BCUT2D eigenvalue weighted by Crippen LogP contribution is 2.34. The molecule has 3 N–H and O–H groups in total. The van der Waals surface area contributed by atoms with E-state index in [0.717, 1.165) is 39.9 Å². The molecule has 0 atom stereocenters. The van der Waals surface area contributed by atoms with Crippen LogP contribution in [0.4, 0.5) is 5.82 Å². The summed E-state index contributed by atoms with van der Waals surface area (Å²) in [7, 11) is 1.66. The van der Waals surface area contributed by atoms with Crippen molar-refractivity contribution in [2.75, 3.05) is 45.2 Å². The van der Waals surface area contributed by atoms with Crippen molar-refractivity contribution in [2.24, 2.45) is 0 Å². The third-order valence-corrected chi connectivity index (χ3v) is 5.14. The molecule has 1 saturated heterocycles. The number of aromatic nitrogens is 2. The molecule has 156 valence electrons. The molecule has 1 aliphatic rings. The Labute approximate surface area is 174 Å². The number of fused-ring (bicyclic) bond motifs is 1. The number of hydrogen-bond donors (Lipinski definition) is 3. The zero-order valence-electron chi connectivity index (χ0n) is 16.9. The SMILES string of the molecule is COc1ccc(CN2CCNC(=O)C2)cc1-c1ccc2ncnc(NCCO)c2c1. The molecule has 0 saturated carbocycles. The number of carbonyl (C=O) groups is 1. The summed E-state index contributed by atoms with van der Waals surface area (Å²) in [5.74, 6) is 1.52. The molecule has 0 radical (unpaired) electrons. The Morgan fingerprint density at radius 2 is 2.13 bits per heavy atom. The molecule has 0 spiro atoms. The number of anilines is 1. The number of piperazine rings is 1. The molecule has 0 aliphatic carbocycles. The normalized spacial score (nSPS) is 14.5. The summed E-state index contributed by atoms with van der Waals surface area (Å²) >= 11 is 0. The maximum atomic E-state index is 11.7. The topological polar surface area (TPSA) is 99.6 Å². The Hall–Kier alpha value is -3.23. The summed E-state index contributed by atoms with van der Waals surface area (Å²) < 4.78 is 5.61. The molecule has 2 heterocycles. The fraction of sp³-hybridized carbons (Fsp3) is 0.318. The average molecular weight is 407 g/mol. The Bertz CT molecular complexity index is 1060. The lowest BCUT2D eigenvalue weighted by atomic mass is 9.99. The number of ether oxygens (including phenoxy) is 1. The maximum absolute atomic E-state index is 11.7. The van der Waals surface area contributed by atoms with Crippen LogP contribution in [0.3, 0.4) is 0 Å². The van der Waals surface area contributed by atoms with Crippen molar-refractivity contribution in [2.45, 2.75) is 6.54 Å². The van der Waals surface area contributed by atoms with Crippen LogP contribution in [-0.2, 0) is 11.3 Å². The number of rotatable bonds is 7. The van der Waals surface area contributed by atoms with Crippen LogP contribution in [0.1, 0.15) is 5.56 Å². The highest BCUT2D eigenvalue weighted by atomic mass is 16.5. The van der Waals surface area contributed by atoms with E-state index in [1.807, 2.05) is 30.3 Å². The zero-order valence-corrected chi connectivity index (χ0v) is 16.9. The first-order valence-corrected chi connectivity index (χ1v) is 9.94. The summed E-state index contributed by atoms with van der Waals surface area (Å²) in [6.45, 7) is 3.06. The van der Waals surface area contributed by atoms with Gasteiger partial charge in [-0.1, -0.05) is 12.1 Å². The van der Waals surface area contributed by atoms with Gasteiger partial charge in [0.05, 0.1) is 25.8 Å². The van der Waals surface area contributed by atoms with Gasteiger partial charge in [-0.25, -0.2) is 9.97 Å². The summed E-state index contributed by atoms with van der Waals surface area (Å²) in [6, 6.07) is 12.1. The van der Waals surface area contributed by atoms with Crippen molar-refractivity contribution in [3.8, 4) is 16.9 Å². The van der Waals surface area contributed by atoms with Gasteiger partial charge in [0, 0.05) is 37.1 Å². The minimum atomic E-state index is 0.0234. The van der Waals surface area contributed by atoms with E-state index in [9.17, 15) is 4.79 Å². The zero-order chi connectivity index (χ0) is 20.9. The molecule has 1 fully saturated rings. The lowest BCUT2D eigenvalue weighted by Crippen LogP contribution is -2.47. The van der Waals surface area contributed by atoms with Crippen molar-refractivity contribution in [3.63, 3.8) is 0 Å². The lowest BCUT2D eigenvalue weighted by molar-refractivity contribution is -0.124. The Morgan fingerprint density at radius 3 is 2.93 bits per heavy atom. The third kappa shape index (κ3) is 4.34. The molecule has 8 nitrogen and oxygen atoms in total. The molecule has 4 rings (SSSR count). The number of hydrogen-bond acceptors (Lipinski definition) is 7. The van der Waals surface area contributed by atoms with E-state index in [0.29, 0.717) is 32.0 Å². The van der Waals surface area contributed by atoms with E-state index in [1.165, 1.54) is 6.33 Å². The van der Waals surface area contributed by atoms with E-state index >= 15 is 0 Å². The second-order valence-electron chi connectivity index (χ2n) is 7.20. The van der Waals surface area contributed by atoms with Gasteiger partial charge in [0.25, 0.3) is 0 Å². The van der Waals surface area contributed by atoms with Crippen LogP contribution >= 0.6 is 0 Å². The second kappa shape index (κ2) is 9.06. The molecule has 0 bridgehead atoms. The number of aliphatic hydroxyl groups is 1. The Morgan fingerprint density at radius 1 is 1.23 bits per heavy atom. The largest absolute Gasteiger partial charge is 0.496 e. The van der Waals surface area contributed by atoms with Crippen LogP contribution in [0, 0.1) is 0 Å². The molecule has 1 aromatic heterocycles. The smallest absolute Gasteiger partial charge is 0.234 e. The van der Waals surface area contributed by atoms with Gasteiger partial charge < -0.3 is 20.5 Å². The molecule has 8 heteroatoms. The molecule has 3 aromatic rings. The van der Waals surface area contributed by atoms with E-state index in [4.69, 9.17) is 9.84 Å². The first-order chi connectivity index (χ1) is 14.7. The third-order valence-electron chi connectivity index (χ3n) is 5.14. The first kappa shape index (κ1) is 20.1. The first-order valence-electron chi connectivity index (χ1n) is 9.94. The minimum Gasteiger partial charge on any atom is -0.496 e. The number of nitrogens with one attached hydrogen (secondary N) is 2. The Balaban J connectivity index is 1.69. The van der Waals surface area contributed by atoms with Crippen molar-refractivity contribution >= 4 is 22.6 Å². The molecule has 2 aromatic carbocycles. The van der Waals surface area contributed by atoms with Crippen molar-refractivity contribution < 1.29 is 14.6 Å². The fourth-order valence-electron chi connectivity index (χ4n) is 3.70. The van der Waals surface area contributed by atoms with Gasteiger partial charge in [-0.05, 0) is 35.4 Å². The number of nitrogens with zero attached hydrogens (tertiary/aromatic N) is 3. The number of benzene rings is 2. The molecule has 1 amide bonds. The monoisotopic (exact) mass is 407 g/mol. The minimum absolute atomic E-state index is 0.0234. The average Bonchev–Trinajstić information content (AvgIpc) is 2.77. The second-order valence-corrected chi connectivity index (χ2v) is 7.20. The van der Waals surface area contributed by atoms with Crippen LogP contribution in [0.25, 0.3) is 22.0 Å². The summed E-state index contributed by atoms with van der Waals surface area (Å²) in [6.07, 6.45) is 1.51.